The fourth-order valence-electron chi connectivity index (χ4n) is 1.90. The molecule has 1 aliphatic heterocycles. The molecule has 1 fully saturated rings. The minimum absolute atomic E-state index is 0.00247. The van der Waals surface area contributed by atoms with Crippen LogP contribution in [-0.2, 0) is 9.59 Å². The van der Waals surface area contributed by atoms with Crippen LogP contribution in [0.15, 0.2) is 0 Å². The number of nitrogens with one attached hydrogen (secondary N) is 1. The topological polar surface area (TPSA) is 69.6 Å². The zero-order valence-electron chi connectivity index (χ0n) is 11.2. The summed E-state index contributed by atoms with van der Waals surface area (Å²) in [5.74, 6) is -0.530. The van der Waals surface area contributed by atoms with Gasteiger partial charge in [-0.1, -0.05) is 13.8 Å². The van der Waals surface area contributed by atoms with Crippen molar-refractivity contribution in [2.24, 2.45) is 0 Å². The highest BCUT2D eigenvalue weighted by Crippen LogP contribution is 2.31. The highest BCUT2D eigenvalue weighted by Gasteiger charge is 2.40. The molecule has 6 heteroatoms. The van der Waals surface area contributed by atoms with E-state index in [2.05, 4.69) is 5.32 Å². The second-order valence-corrected chi connectivity index (χ2v) is 5.75. The molecule has 0 aromatic rings. The number of carbonyl (C=O) groups excluding carboxylic acids is 1. The molecule has 1 rings (SSSR count). The smallest absolute Gasteiger partial charge is 0.327 e. The maximum atomic E-state index is 12.1. The maximum absolute atomic E-state index is 12.1. The third-order valence-corrected chi connectivity index (χ3v) is 4.68. The Morgan fingerprint density at radius 1 is 1.50 bits per heavy atom. The summed E-state index contributed by atoms with van der Waals surface area (Å²) >= 11 is 1.55. The van der Waals surface area contributed by atoms with E-state index in [1.165, 1.54) is 4.90 Å². The number of hydrogen-bond donors (Lipinski definition) is 2. The van der Waals surface area contributed by atoms with Gasteiger partial charge >= 0.3 is 5.97 Å². The third-order valence-electron chi connectivity index (χ3n) is 3.23. The maximum Gasteiger partial charge on any atom is 0.327 e. The molecule has 1 saturated heterocycles. The van der Waals surface area contributed by atoms with Crippen LogP contribution in [0.2, 0.25) is 0 Å². The van der Waals surface area contributed by atoms with Gasteiger partial charge in [-0.2, -0.15) is 0 Å². The number of carbonyl (C=O) groups is 2. The van der Waals surface area contributed by atoms with Crippen molar-refractivity contribution in [1.82, 2.24) is 10.2 Å². The SMILES string of the molecule is CCC(C)NCC(=O)N1C(CC)SCC1C(=O)O. The van der Waals surface area contributed by atoms with Crippen molar-refractivity contribution in [3.8, 4) is 0 Å². The number of thioether (sulfide) groups is 1. The lowest BCUT2D eigenvalue weighted by atomic mass is 10.2. The number of carboxylic acids is 1. The van der Waals surface area contributed by atoms with Crippen LogP contribution in [-0.4, -0.2) is 51.6 Å². The fraction of sp³-hybridized carbons (Fsp3) is 0.833. The van der Waals surface area contributed by atoms with Crippen LogP contribution in [0.25, 0.3) is 0 Å². The van der Waals surface area contributed by atoms with Crippen LogP contribution in [0.4, 0.5) is 0 Å². The van der Waals surface area contributed by atoms with Crippen LogP contribution in [0.5, 0.6) is 0 Å². The van der Waals surface area contributed by atoms with Crippen molar-refractivity contribution in [1.29, 1.82) is 0 Å². The number of carboxylic acid groups (broad SMARTS) is 1. The Morgan fingerprint density at radius 3 is 2.67 bits per heavy atom. The Morgan fingerprint density at radius 2 is 2.17 bits per heavy atom. The first kappa shape index (κ1) is 15.3. The summed E-state index contributed by atoms with van der Waals surface area (Å²) in [4.78, 5) is 24.8. The molecule has 0 spiro atoms. The Hall–Kier alpha value is -0.750. The minimum Gasteiger partial charge on any atom is -0.480 e. The second kappa shape index (κ2) is 6.99. The molecule has 0 aromatic carbocycles. The van der Waals surface area contributed by atoms with Gasteiger partial charge in [0.15, 0.2) is 0 Å². The van der Waals surface area contributed by atoms with Crippen LogP contribution in [0, 0.1) is 0 Å². The van der Waals surface area contributed by atoms with Gasteiger partial charge in [-0.15, -0.1) is 11.8 Å². The molecule has 0 bridgehead atoms. The van der Waals surface area contributed by atoms with Crippen LogP contribution < -0.4 is 5.32 Å². The number of amides is 1. The monoisotopic (exact) mass is 274 g/mol. The highest BCUT2D eigenvalue weighted by molar-refractivity contribution is 8.00. The molecule has 0 radical (unpaired) electrons. The Kier molecular flexibility index (Phi) is 5.95. The number of rotatable bonds is 6. The van der Waals surface area contributed by atoms with Crippen molar-refractivity contribution < 1.29 is 14.7 Å². The summed E-state index contributed by atoms with van der Waals surface area (Å²) in [5.41, 5.74) is 0. The van der Waals surface area contributed by atoms with Crippen molar-refractivity contribution in [3.63, 3.8) is 0 Å². The first-order valence-electron chi connectivity index (χ1n) is 6.40. The summed E-state index contributed by atoms with van der Waals surface area (Å²) in [6.07, 6.45) is 1.73. The lowest BCUT2D eigenvalue weighted by Crippen LogP contribution is -2.49. The lowest BCUT2D eigenvalue weighted by molar-refractivity contribution is -0.148. The van der Waals surface area contributed by atoms with Crippen LogP contribution >= 0.6 is 11.8 Å². The van der Waals surface area contributed by atoms with Gasteiger partial charge in [0, 0.05) is 11.8 Å². The fourth-order valence-corrected chi connectivity index (χ4v) is 3.27. The van der Waals surface area contributed by atoms with Gasteiger partial charge in [-0.3, -0.25) is 4.79 Å². The molecule has 3 unspecified atom stereocenters. The zero-order valence-corrected chi connectivity index (χ0v) is 12.0. The number of nitrogens with zero attached hydrogens (tertiary/aromatic N) is 1. The lowest BCUT2D eigenvalue weighted by Gasteiger charge is -2.27. The van der Waals surface area contributed by atoms with E-state index in [-0.39, 0.29) is 23.9 Å². The summed E-state index contributed by atoms with van der Waals surface area (Å²) in [6.45, 7) is 6.25. The predicted octanol–water partition coefficient (Wildman–Crippen LogP) is 1.14. The summed E-state index contributed by atoms with van der Waals surface area (Å²) in [5, 5.41) is 12.3. The molecule has 0 saturated carbocycles. The molecule has 0 aliphatic carbocycles. The molecule has 18 heavy (non-hydrogen) atoms. The molecular weight excluding hydrogens is 252 g/mol. The average molecular weight is 274 g/mol. The van der Waals surface area contributed by atoms with Gasteiger partial charge in [-0.25, -0.2) is 4.79 Å². The van der Waals surface area contributed by atoms with E-state index in [0.717, 1.165) is 12.8 Å². The standard InChI is InChI=1S/C12H22N2O3S/c1-4-8(3)13-6-10(15)14-9(12(16)17)7-18-11(14)5-2/h8-9,11,13H,4-7H2,1-3H3,(H,16,17). The first-order chi connectivity index (χ1) is 8.51. The molecule has 1 heterocycles. The van der Waals surface area contributed by atoms with E-state index in [0.29, 0.717) is 5.75 Å². The van der Waals surface area contributed by atoms with E-state index in [9.17, 15) is 9.59 Å². The molecule has 2 N–H and O–H groups in total. The Bertz CT molecular complexity index is 312. The number of hydrogen-bond acceptors (Lipinski definition) is 4. The first-order valence-corrected chi connectivity index (χ1v) is 7.45. The van der Waals surface area contributed by atoms with Gasteiger partial charge in [0.25, 0.3) is 0 Å². The summed E-state index contributed by atoms with van der Waals surface area (Å²) in [7, 11) is 0. The van der Waals surface area contributed by atoms with Gasteiger partial charge in [0.1, 0.15) is 6.04 Å². The van der Waals surface area contributed by atoms with E-state index >= 15 is 0 Å². The second-order valence-electron chi connectivity index (χ2n) is 4.54. The molecule has 104 valence electrons. The molecule has 1 amide bonds. The van der Waals surface area contributed by atoms with Crippen LogP contribution in [0.1, 0.15) is 33.6 Å². The van der Waals surface area contributed by atoms with Gasteiger partial charge in [0.2, 0.25) is 5.91 Å². The highest BCUT2D eigenvalue weighted by atomic mass is 32.2. The zero-order chi connectivity index (χ0) is 13.7. The van der Waals surface area contributed by atoms with Crippen LogP contribution in [0.3, 0.4) is 0 Å². The Labute approximate surface area is 112 Å². The molecule has 5 nitrogen and oxygen atoms in total. The minimum atomic E-state index is -0.907. The van der Waals surface area contributed by atoms with Gasteiger partial charge in [-0.05, 0) is 19.8 Å². The molecule has 0 aromatic heterocycles. The van der Waals surface area contributed by atoms with E-state index in [1.54, 1.807) is 11.8 Å². The molecule has 1 aliphatic rings. The molecular formula is C12H22N2O3S. The number of aliphatic carboxylic acids is 1. The van der Waals surface area contributed by atoms with Crippen molar-refractivity contribution in [3.05, 3.63) is 0 Å². The van der Waals surface area contributed by atoms with Crippen molar-refractivity contribution in [2.75, 3.05) is 12.3 Å². The van der Waals surface area contributed by atoms with Gasteiger partial charge in [0.05, 0.1) is 11.9 Å². The van der Waals surface area contributed by atoms with E-state index in [1.807, 2.05) is 20.8 Å². The van der Waals surface area contributed by atoms with Crippen molar-refractivity contribution in [2.45, 2.75) is 51.1 Å². The van der Waals surface area contributed by atoms with E-state index < -0.39 is 12.0 Å². The normalized spacial score (nSPS) is 25.2. The quantitative estimate of drug-likeness (QED) is 0.760. The van der Waals surface area contributed by atoms with Crippen molar-refractivity contribution >= 4 is 23.6 Å². The largest absolute Gasteiger partial charge is 0.480 e. The Balaban J connectivity index is 2.63. The third kappa shape index (κ3) is 3.62. The molecule has 3 atom stereocenters. The predicted molar refractivity (Wildman–Crippen MR) is 72.6 cm³/mol. The summed E-state index contributed by atoms with van der Waals surface area (Å²) < 4.78 is 0. The summed E-state index contributed by atoms with van der Waals surface area (Å²) in [6, 6.07) is -0.404. The van der Waals surface area contributed by atoms with E-state index in [4.69, 9.17) is 5.11 Å². The van der Waals surface area contributed by atoms with Gasteiger partial charge < -0.3 is 15.3 Å². The average Bonchev–Trinajstić information content (AvgIpc) is 2.79.